The van der Waals surface area contributed by atoms with Gasteiger partial charge in [-0.15, -0.1) is 0 Å². The second-order valence-corrected chi connectivity index (χ2v) is 9.11. The lowest BCUT2D eigenvalue weighted by molar-refractivity contribution is 0.472. The quantitative estimate of drug-likeness (QED) is 0.863. The van der Waals surface area contributed by atoms with Crippen molar-refractivity contribution < 1.29 is 16.8 Å². The highest BCUT2D eigenvalue weighted by Gasteiger charge is 2.32. The van der Waals surface area contributed by atoms with Gasteiger partial charge < -0.3 is 5.73 Å². The SMILES string of the molecule is CS(=O)(=O)c1ccc(Cl)c(S(=O)(=O)N2CC[C@H](N)C2)c1. The smallest absolute Gasteiger partial charge is 0.244 e. The van der Waals surface area contributed by atoms with Crippen molar-refractivity contribution in [3.8, 4) is 0 Å². The Morgan fingerprint density at radius 1 is 1.30 bits per heavy atom. The van der Waals surface area contributed by atoms with Crippen molar-refractivity contribution in [1.82, 2.24) is 4.31 Å². The molecule has 0 aromatic heterocycles. The zero-order valence-electron chi connectivity index (χ0n) is 10.8. The second-order valence-electron chi connectivity index (χ2n) is 4.78. The molecule has 1 aromatic rings. The number of nitrogens with two attached hydrogens (primary N) is 1. The molecular formula is C11H15ClN2O4S2. The van der Waals surface area contributed by atoms with E-state index in [0.717, 1.165) is 12.3 Å². The molecule has 0 bridgehead atoms. The van der Waals surface area contributed by atoms with Crippen molar-refractivity contribution in [2.24, 2.45) is 5.73 Å². The van der Waals surface area contributed by atoms with Gasteiger partial charge in [-0.1, -0.05) is 11.6 Å². The summed E-state index contributed by atoms with van der Waals surface area (Å²) in [6, 6.07) is 3.45. The number of hydrogen-bond acceptors (Lipinski definition) is 5. The third-order valence-corrected chi connectivity index (χ3v) is 6.59. The minimum absolute atomic E-state index is 0.00197. The number of sulfonamides is 1. The van der Waals surface area contributed by atoms with Crippen LogP contribution in [0.1, 0.15) is 6.42 Å². The summed E-state index contributed by atoms with van der Waals surface area (Å²) in [4.78, 5) is -0.278. The average molecular weight is 339 g/mol. The van der Waals surface area contributed by atoms with E-state index in [4.69, 9.17) is 17.3 Å². The molecule has 1 aliphatic rings. The number of nitrogens with zero attached hydrogens (tertiary/aromatic N) is 1. The Labute approximate surface area is 123 Å². The zero-order valence-corrected chi connectivity index (χ0v) is 13.2. The summed E-state index contributed by atoms with van der Waals surface area (Å²) in [5, 5.41) is -0.00197. The first kappa shape index (κ1) is 15.7. The van der Waals surface area contributed by atoms with Gasteiger partial charge in [0.25, 0.3) is 0 Å². The highest BCUT2D eigenvalue weighted by atomic mass is 35.5. The summed E-state index contributed by atoms with van der Waals surface area (Å²) in [7, 11) is -7.33. The molecule has 0 saturated carbocycles. The molecule has 2 rings (SSSR count). The van der Waals surface area contributed by atoms with Crippen LogP contribution >= 0.6 is 11.6 Å². The number of benzene rings is 1. The molecule has 1 heterocycles. The molecule has 0 amide bonds. The largest absolute Gasteiger partial charge is 0.326 e. The van der Waals surface area contributed by atoms with Gasteiger partial charge in [0, 0.05) is 25.4 Å². The van der Waals surface area contributed by atoms with Crippen LogP contribution in [0.4, 0.5) is 0 Å². The Bertz CT molecular complexity index is 731. The maximum atomic E-state index is 12.5. The van der Waals surface area contributed by atoms with Crippen molar-refractivity contribution in [1.29, 1.82) is 0 Å². The standard InChI is InChI=1S/C11H15ClN2O4S2/c1-19(15,16)9-2-3-10(12)11(6-9)20(17,18)14-5-4-8(13)7-14/h2-3,6,8H,4-5,7,13H2,1H3/t8-/m0/s1. The van der Waals surface area contributed by atoms with Crippen LogP contribution in [0.15, 0.2) is 28.0 Å². The third kappa shape index (κ3) is 2.99. The molecule has 0 unspecified atom stereocenters. The van der Waals surface area contributed by atoms with E-state index >= 15 is 0 Å². The first-order chi connectivity index (χ1) is 9.12. The molecule has 1 fully saturated rings. The van der Waals surface area contributed by atoms with Crippen LogP contribution in [-0.2, 0) is 19.9 Å². The van der Waals surface area contributed by atoms with E-state index in [9.17, 15) is 16.8 Å². The number of hydrogen-bond donors (Lipinski definition) is 1. The Hall–Kier alpha value is -0.670. The van der Waals surface area contributed by atoms with E-state index in [1.807, 2.05) is 0 Å². The minimum atomic E-state index is -3.83. The average Bonchev–Trinajstić information content (AvgIpc) is 2.75. The molecule has 20 heavy (non-hydrogen) atoms. The predicted octanol–water partition coefficient (Wildman–Crippen LogP) is 0.465. The molecule has 1 saturated heterocycles. The van der Waals surface area contributed by atoms with Gasteiger partial charge in [0.15, 0.2) is 9.84 Å². The van der Waals surface area contributed by atoms with E-state index in [0.29, 0.717) is 13.0 Å². The zero-order chi connectivity index (χ0) is 15.1. The maximum Gasteiger partial charge on any atom is 0.244 e. The van der Waals surface area contributed by atoms with Gasteiger partial charge in [-0.05, 0) is 24.6 Å². The molecule has 9 heteroatoms. The molecular weight excluding hydrogens is 324 g/mol. The van der Waals surface area contributed by atoms with E-state index in [1.54, 1.807) is 0 Å². The molecule has 0 spiro atoms. The van der Waals surface area contributed by atoms with Crippen molar-refractivity contribution in [2.45, 2.75) is 22.3 Å². The molecule has 2 N–H and O–H groups in total. The molecule has 6 nitrogen and oxygen atoms in total. The van der Waals surface area contributed by atoms with Crippen LogP contribution in [0.5, 0.6) is 0 Å². The lowest BCUT2D eigenvalue weighted by Gasteiger charge is -2.17. The van der Waals surface area contributed by atoms with Crippen LogP contribution in [0.3, 0.4) is 0 Å². The molecule has 1 atom stereocenters. The summed E-state index contributed by atoms with van der Waals surface area (Å²) in [5.41, 5.74) is 5.70. The van der Waals surface area contributed by atoms with Gasteiger partial charge >= 0.3 is 0 Å². The second kappa shape index (κ2) is 5.27. The molecule has 0 aliphatic carbocycles. The van der Waals surface area contributed by atoms with Gasteiger partial charge in [-0.25, -0.2) is 16.8 Å². The Balaban J connectivity index is 2.52. The summed E-state index contributed by atoms with van der Waals surface area (Å²) in [6.07, 6.45) is 1.58. The van der Waals surface area contributed by atoms with E-state index in [2.05, 4.69) is 0 Å². The Morgan fingerprint density at radius 2 is 1.95 bits per heavy atom. The number of halogens is 1. The monoisotopic (exact) mass is 338 g/mol. The highest BCUT2D eigenvalue weighted by Crippen LogP contribution is 2.29. The van der Waals surface area contributed by atoms with Gasteiger partial charge in [0.2, 0.25) is 10.0 Å². The molecule has 0 radical (unpaired) electrons. The molecule has 1 aliphatic heterocycles. The summed E-state index contributed by atoms with van der Waals surface area (Å²) < 4.78 is 49.2. The molecule has 112 valence electrons. The number of rotatable bonds is 3. The van der Waals surface area contributed by atoms with Crippen LogP contribution in [0, 0.1) is 0 Å². The fourth-order valence-corrected chi connectivity index (χ4v) is 4.76. The van der Waals surface area contributed by atoms with Crippen molar-refractivity contribution in [3.63, 3.8) is 0 Å². The molecule has 1 aromatic carbocycles. The maximum absolute atomic E-state index is 12.5. The Morgan fingerprint density at radius 3 is 2.45 bits per heavy atom. The van der Waals surface area contributed by atoms with Crippen LogP contribution in [0.2, 0.25) is 5.02 Å². The van der Waals surface area contributed by atoms with Crippen LogP contribution < -0.4 is 5.73 Å². The van der Waals surface area contributed by atoms with Gasteiger partial charge in [-0.2, -0.15) is 4.31 Å². The third-order valence-electron chi connectivity index (χ3n) is 3.14. The lowest BCUT2D eigenvalue weighted by Crippen LogP contribution is -2.32. The predicted molar refractivity (Wildman–Crippen MR) is 75.9 cm³/mol. The van der Waals surface area contributed by atoms with Gasteiger partial charge in [0.1, 0.15) is 4.90 Å². The number of sulfone groups is 1. The van der Waals surface area contributed by atoms with Crippen LogP contribution in [-0.4, -0.2) is 46.5 Å². The van der Waals surface area contributed by atoms with E-state index in [1.165, 1.54) is 16.4 Å². The summed E-state index contributed by atoms with van der Waals surface area (Å²) in [6.45, 7) is 0.519. The van der Waals surface area contributed by atoms with Crippen molar-refractivity contribution in [2.75, 3.05) is 19.3 Å². The summed E-state index contributed by atoms with van der Waals surface area (Å²) in [5.74, 6) is 0. The Kier molecular flexibility index (Phi) is 4.14. The topological polar surface area (TPSA) is 97.5 Å². The summed E-state index contributed by atoms with van der Waals surface area (Å²) >= 11 is 5.91. The lowest BCUT2D eigenvalue weighted by atomic mass is 10.3. The fourth-order valence-electron chi connectivity index (χ4n) is 2.02. The van der Waals surface area contributed by atoms with Crippen LogP contribution in [0.25, 0.3) is 0 Å². The van der Waals surface area contributed by atoms with Gasteiger partial charge in [-0.3, -0.25) is 0 Å². The van der Waals surface area contributed by atoms with E-state index in [-0.39, 0.29) is 27.4 Å². The normalized spacial score (nSPS) is 21.2. The first-order valence-electron chi connectivity index (χ1n) is 5.88. The van der Waals surface area contributed by atoms with Crippen molar-refractivity contribution >= 4 is 31.5 Å². The van der Waals surface area contributed by atoms with Crippen molar-refractivity contribution in [3.05, 3.63) is 23.2 Å². The van der Waals surface area contributed by atoms with Gasteiger partial charge in [0.05, 0.1) is 9.92 Å². The highest BCUT2D eigenvalue weighted by molar-refractivity contribution is 7.91. The first-order valence-corrected chi connectivity index (χ1v) is 9.58. The fraction of sp³-hybridized carbons (Fsp3) is 0.455. The minimum Gasteiger partial charge on any atom is -0.326 e. The van der Waals surface area contributed by atoms with E-state index < -0.39 is 19.9 Å².